The molecule has 1 aliphatic rings. The minimum Gasteiger partial charge on any atom is -0.469 e. The molecule has 1 aliphatic heterocycles. The molecule has 7 nitrogen and oxygen atoms in total. The van der Waals surface area contributed by atoms with E-state index in [1.54, 1.807) is 0 Å². The van der Waals surface area contributed by atoms with Crippen LogP contribution in [-0.4, -0.2) is 49.6 Å². The summed E-state index contributed by atoms with van der Waals surface area (Å²) >= 11 is 0. The number of primary amides is 1. The van der Waals surface area contributed by atoms with E-state index in [0.29, 0.717) is 13.1 Å². The number of esters is 1. The number of carbonyl (C=O) groups excluding carboxylic acids is 3. The Hall–Kier alpha value is -1.63. The van der Waals surface area contributed by atoms with Crippen molar-refractivity contribution in [3.8, 4) is 0 Å². The van der Waals surface area contributed by atoms with Crippen molar-refractivity contribution in [3.05, 3.63) is 0 Å². The van der Waals surface area contributed by atoms with Gasteiger partial charge in [0.2, 0.25) is 5.91 Å². The minimum absolute atomic E-state index is 0.122. The molecule has 3 N–H and O–H groups in total. The van der Waals surface area contributed by atoms with E-state index in [-0.39, 0.29) is 18.3 Å². The molecule has 102 valence electrons. The quantitative estimate of drug-likeness (QED) is 0.658. The van der Waals surface area contributed by atoms with Gasteiger partial charge in [-0.15, -0.1) is 0 Å². The summed E-state index contributed by atoms with van der Waals surface area (Å²) in [6.07, 6.45) is 1.91. The van der Waals surface area contributed by atoms with Crippen molar-refractivity contribution in [2.75, 3.05) is 26.7 Å². The highest BCUT2D eigenvalue weighted by Crippen LogP contribution is 2.17. The fourth-order valence-electron chi connectivity index (χ4n) is 2.08. The van der Waals surface area contributed by atoms with Gasteiger partial charge < -0.3 is 15.4 Å². The third-order valence-corrected chi connectivity index (χ3v) is 2.96. The van der Waals surface area contributed by atoms with Crippen molar-refractivity contribution in [2.24, 2.45) is 11.7 Å². The van der Waals surface area contributed by atoms with E-state index < -0.39 is 11.9 Å². The van der Waals surface area contributed by atoms with Gasteiger partial charge in [-0.3, -0.25) is 14.9 Å². The molecule has 3 amide bonds. The molecule has 1 fully saturated rings. The summed E-state index contributed by atoms with van der Waals surface area (Å²) in [4.78, 5) is 35.1. The van der Waals surface area contributed by atoms with E-state index in [9.17, 15) is 14.4 Å². The molecule has 0 saturated carbocycles. The highest BCUT2D eigenvalue weighted by Gasteiger charge is 2.26. The molecule has 0 aromatic rings. The van der Waals surface area contributed by atoms with Crippen LogP contribution in [0.25, 0.3) is 0 Å². The first-order chi connectivity index (χ1) is 8.52. The van der Waals surface area contributed by atoms with Crippen molar-refractivity contribution < 1.29 is 19.1 Å². The second-order valence-electron chi connectivity index (χ2n) is 4.33. The molecule has 0 bridgehead atoms. The molecular formula is C11H19N3O4. The molecule has 0 aliphatic carbocycles. The van der Waals surface area contributed by atoms with Crippen LogP contribution in [0.1, 0.15) is 19.3 Å². The van der Waals surface area contributed by atoms with Gasteiger partial charge in [-0.25, -0.2) is 4.79 Å². The van der Waals surface area contributed by atoms with E-state index in [4.69, 9.17) is 10.5 Å². The van der Waals surface area contributed by atoms with Gasteiger partial charge in [0.25, 0.3) is 0 Å². The van der Waals surface area contributed by atoms with E-state index in [0.717, 1.165) is 19.4 Å². The zero-order valence-corrected chi connectivity index (χ0v) is 10.5. The molecule has 7 heteroatoms. The molecule has 18 heavy (non-hydrogen) atoms. The zero-order chi connectivity index (χ0) is 13.5. The van der Waals surface area contributed by atoms with E-state index in [2.05, 4.69) is 0 Å². The topological polar surface area (TPSA) is 102 Å². The number of nitrogens with zero attached hydrogens (tertiary/aromatic N) is 1. The molecule has 1 atom stereocenters. The largest absolute Gasteiger partial charge is 0.469 e. The lowest BCUT2D eigenvalue weighted by molar-refractivity contribution is -0.147. The Balaban J connectivity index is 2.32. The van der Waals surface area contributed by atoms with Gasteiger partial charge in [0.05, 0.1) is 13.0 Å². The Morgan fingerprint density at radius 2 is 2.17 bits per heavy atom. The van der Waals surface area contributed by atoms with E-state index in [1.165, 1.54) is 7.11 Å². The number of amides is 3. The lowest BCUT2D eigenvalue weighted by atomic mass is 9.98. The van der Waals surface area contributed by atoms with Crippen LogP contribution in [0.3, 0.4) is 0 Å². The van der Waals surface area contributed by atoms with Crippen LogP contribution in [0.2, 0.25) is 0 Å². The molecule has 1 heterocycles. The number of rotatable bonds is 4. The number of hydrogen-bond acceptors (Lipinski definition) is 5. The Morgan fingerprint density at radius 1 is 1.44 bits per heavy atom. The van der Waals surface area contributed by atoms with Crippen molar-refractivity contribution in [1.82, 2.24) is 10.2 Å². The predicted molar refractivity (Wildman–Crippen MR) is 63.5 cm³/mol. The highest BCUT2D eigenvalue weighted by atomic mass is 16.5. The van der Waals surface area contributed by atoms with Crippen LogP contribution in [-0.2, 0) is 14.3 Å². The number of nitrogens with one attached hydrogen (secondary N) is 1. The fraction of sp³-hybridized carbons (Fsp3) is 0.727. The number of likely N-dealkylation sites (tertiary alicyclic amines) is 1. The van der Waals surface area contributed by atoms with Crippen molar-refractivity contribution in [3.63, 3.8) is 0 Å². The molecule has 0 aromatic carbocycles. The van der Waals surface area contributed by atoms with Crippen LogP contribution in [0.5, 0.6) is 0 Å². The predicted octanol–water partition coefficient (Wildman–Crippen LogP) is -0.544. The van der Waals surface area contributed by atoms with E-state index >= 15 is 0 Å². The fourth-order valence-corrected chi connectivity index (χ4v) is 2.08. The minimum atomic E-state index is -0.842. The first-order valence-corrected chi connectivity index (χ1v) is 5.92. The van der Waals surface area contributed by atoms with Gasteiger partial charge in [0.1, 0.15) is 0 Å². The summed E-state index contributed by atoms with van der Waals surface area (Å²) in [7, 11) is 1.38. The molecule has 0 unspecified atom stereocenters. The Labute approximate surface area is 106 Å². The third-order valence-electron chi connectivity index (χ3n) is 2.96. The van der Waals surface area contributed by atoms with Crippen molar-refractivity contribution in [2.45, 2.75) is 19.3 Å². The molecule has 0 spiro atoms. The SMILES string of the molecule is COC(=O)[C@H]1CCCN(CCC(=O)NC(N)=O)C1. The van der Waals surface area contributed by atoms with Crippen LogP contribution < -0.4 is 11.1 Å². The van der Waals surface area contributed by atoms with Crippen molar-refractivity contribution >= 4 is 17.9 Å². The third kappa shape index (κ3) is 4.70. The molecular weight excluding hydrogens is 238 g/mol. The zero-order valence-electron chi connectivity index (χ0n) is 10.5. The van der Waals surface area contributed by atoms with Gasteiger partial charge in [0.15, 0.2) is 0 Å². The molecule has 1 saturated heterocycles. The maximum absolute atomic E-state index is 11.4. The van der Waals surface area contributed by atoms with Gasteiger partial charge >= 0.3 is 12.0 Å². The summed E-state index contributed by atoms with van der Waals surface area (Å²) in [5.41, 5.74) is 4.84. The van der Waals surface area contributed by atoms with Gasteiger partial charge in [0, 0.05) is 19.5 Å². The summed E-state index contributed by atoms with van der Waals surface area (Å²) in [6.45, 7) is 1.94. The average Bonchev–Trinajstić information content (AvgIpc) is 2.35. The second-order valence-corrected chi connectivity index (χ2v) is 4.33. The number of ether oxygens (including phenoxy) is 1. The van der Waals surface area contributed by atoms with Crippen LogP contribution in [0, 0.1) is 5.92 Å². The van der Waals surface area contributed by atoms with Crippen LogP contribution in [0.4, 0.5) is 4.79 Å². The smallest absolute Gasteiger partial charge is 0.318 e. The second kappa shape index (κ2) is 6.95. The van der Waals surface area contributed by atoms with E-state index in [1.807, 2.05) is 10.2 Å². The molecule has 1 rings (SSSR count). The summed E-state index contributed by atoms with van der Waals surface area (Å²) in [6, 6.07) is -0.842. The monoisotopic (exact) mass is 257 g/mol. The summed E-state index contributed by atoms with van der Waals surface area (Å²) in [5.74, 6) is -0.730. The highest BCUT2D eigenvalue weighted by molar-refractivity contribution is 5.93. The Morgan fingerprint density at radius 3 is 2.78 bits per heavy atom. The van der Waals surface area contributed by atoms with Crippen LogP contribution in [0.15, 0.2) is 0 Å². The van der Waals surface area contributed by atoms with Crippen molar-refractivity contribution in [1.29, 1.82) is 0 Å². The van der Waals surface area contributed by atoms with Gasteiger partial charge in [-0.1, -0.05) is 0 Å². The summed E-state index contributed by atoms with van der Waals surface area (Å²) < 4.78 is 4.71. The number of imide groups is 1. The first-order valence-electron chi connectivity index (χ1n) is 5.92. The average molecular weight is 257 g/mol. The van der Waals surface area contributed by atoms with Gasteiger partial charge in [-0.05, 0) is 19.4 Å². The number of piperidine rings is 1. The number of hydrogen-bond donors (Lipinski definition) is 2. The van der Waals surface area contributed by atoms with Crippen LogP contribution >= 0.6 is 0 Å². The maximum atomic E-state index is 11.4. The molecule has 0 radical (unpaired) electrons. The number of methoxy groups -OCH3 is 1. The van der Waals surface area contributed by atoms with Gasteiger partial charge in [-0.2, -0.15) is 0 Å². The maximum Gasteiger partial charge on any atom is 0.318 e. The standard InChI is InChI=1S/C11H19N3O4/c1-18-10(16)8-3-2-5-14(7-8)6-4-9(15)13-11(12)17/h8H,2-7H2,1H3,(H3,12,13,15,17)/t8-/m0/s1. The number of urea groups is 1. The lowest BCUT2D eigenvalue weighted by Gasteiger charge is -2.30. The first kappa shape index (κ1) is 14.4. The summed E-state index contributed by atoms with van der Waals surface area (Å²) in [5, 5.41) is 2.01. The normalized spacial score (nSPS) is 20.2. The number of nitrogens with two attached hydrogens (primary N) is 1. The number of carbonyl (C=O) groups is 3. The Bertz CT molecular complexity index is 332. The molecule has 0 aromatic heterocycles. The lowest BCUT2D eigenvalue weighted by Crippen LogP contribution is -2.42. The Kier molecular flexibility index (Phi) is 5.57.